The van der Waals surface area contributed by atoms with Crippen molar-refractivity contribution in [2.45, 2.75) is 6.42 Å². The van der Waals surface area contributed by atoms with E-state index in [1.54, 1.807) is 5.38 Å². The lowest BCUT2D eigenvalue weighted by Gasteiger charge is -2.24. The molecular formula is C19H14F2N2O2S. The van der Waals surface area contributed by atoms with Crippen LogP contribution in [0.1, 0.15) is 5.56 Å². The van der Waals surface area contributed by atoms with E-state index in [2.05, 4.69) is 10.3 Å². The number of benzene rings is 2. The van der Waals surface area contributed by atoms with E-state index in [4.69, 9.17) is 4.74 Å². The second kappa shape index (κ2) is 6.84. The maximum atomic E-state index is 13.4. The Bertz CT molecular complexity index is 974. The van der Waals surface area contributed by atoms with Crippen LogP contribution in [0.25, 0.3) is 11.3 Å². The number of anilines is 1. The molecule has 1 atom stereocenters. The Labute approximate surface area is 152 Å². The predicted molar refractivity (Wildman–Crippen MR) is 95.2 cm³/mol. The molecule has 1 aromatic heterocycles. The third-order valence-corrected chi connectivity index (χ3v) is 4.96. The molecule has 4 nitrogen and oxygen atoms in total. The van der Waals surface area contributed by atoms with E-state index in [-0.39, 0.29) is 11.8 Å². The number of halogens is 2. The van der Waals surface area contributed by atoms with Gasteiger partial charge in [0.2, 0.25) is 5.91 Å². The van der Waals surface area contributed by atoms with Crippen molar-refractivity contribution in [3.05, 3.63) is 65.0 Å². The molecule has 3 aromatic rings. The van der Waals surface area contributed by atoms with Crippen molar-refractivity contribution >= 4 is 22.4 Å². The number of para-hydroxylation sites is 1. The summed E-state index contributed by atoms with van der Waals surface area (Å²) in [6.45, 7) is 0.310. The summed E-state index contributed by atoms with van der Waals surface area (Å²) in [6, 6.07) is 11.2. The van der Waals surface area contributed by atoms with Crippen molar-refractivity contribution < 1.29 is 18.3 Å². The number of carbonyl (C=O) groups is 1. The summed E-state index contributed by atoms with van der Waals surface area (Å²) in [5.74, 6) is -1.51. The molecule has 2 heterocycles. The molecule has 1 amide bonds. The average molecular weight is 372 g/mol. The number of ether oxygens (including phenoxy) is 1. The number of rotatable bonds is 3. The maximum Gasteiger partial charge on any atom is 0.233 e. The van der Waals surface area contributed by atoms with Gasteiger partial charge >= 0.3 is 0 Å². The first-order valence-corrected chi connectivity index (χ1v) is 8.90. The number of fused-ring (bicyclic) bond motifs is 1. The summed E-state index contributed by atoms with van der Waals surface area (Å²) < 4.78 is 32.0. The van der Waals surface area contributed by atoms with Crippen molar-refractivity contribution in [2.24, 2.45) is 5.92 Å². The second-order valence-electron chi connectivity index (χ2n) is 5.98. The Balaban J connectivity index is 1.46. The molecule has 0 saturated carbocycles. The predicted octanol–water partition coefficient (Wildman–Crippen LogP) is 4.28. The van der Waals surface area contributed by atoms with Crippen LogP contribution in [-0.4, -0.2) is 17.5 Å². The first-order chi connectivity index (χ1) is 12.6. The molecule has 1 aliphatic rings. The van der Waals surface area contributed by atoms with Gasteiger partial charge in [-0.3, -0.25) is 4.79 Å². The normalized spacial score (nSPS) is 15.8. The van der Waals surface area contributed by atoms with Crippen LogP contribution in [0.2, 0.25) is 0 Å². The highest BCUT2D eigenvalue weighted by atomic mass is 32.1. The Morgan fingerprint density at radius 2 is 2.04 bits per heavy atom. The minimum absolute atomic E-state index is 0.175. The van der Waals surface area contributed by atoms with E-state index >= 15 is 0 Å². The Morgan fingerprint density at radius 1 is 1.19 bits per heavy atom. The molecule has 26 heavy (non-hydrogen) atoms. The van der Waals surface area contributed by atoms with Gasteiger partial charge in [-0.2, -0.15) is 0 Å². The number of hydrogen-bond acceptors (Lipinski definition) is 4. The van der Waals surface area contributed by atoms with Gasteiger partial charge in [-0.05, 0) is 36.2 Å². The second-order valence-corrected chi connectivity index (χ2v) is 6.83. The van der Waals surface area contributed by atoms with Crippen LogP contribution in [0.5, 0.6) is 5.75 Å². The third-order valence-electron chi connectivity index (χ3n) is 4.20. The Hall–Kier alpha value is -2.80. The van der Waals surface area contributed by atoms with Gasteiger partial charge in [0, 0.05) is 10.9 Å². The van der Waals surface area contributed by atoms with E-state index in [0.29, 0.717) is 29.4 Å². The molecule has 0 radical (unpaired) electrons. The van der Waals surface area contributed by atoms with Crippen LogP contribution < -0.4 is 10.1 Å². The van der Waals surface area contributed by atoms with Crippen molar-refractivity contribution in [1.82, 2.24) is 4.98 Å². The highest BCUT2D eigenvalue weighted by Gasteiger charge is 2.26. The highest BCUT2D eigenvalue weighted by molar-refractivity contribution is 7.14. The summed E-state index contributed by atoms with van der Waals surface area (Å²) in [5.41, 5.74) is 1.94. The third kappa shape index (κ3) is 3.30. The summed E-state index contributed by atoms with van der Waals surface area (Å²) in [6.07, 6.45) is 0.601. The van der Waals surface area contributed by atoms with Crippen LogP contribution in [0.4, 0.5) is 13.9 Å². The van der Waals surface area contributed by atoms with Gasteiger partial charge in [0.1, 0.15) is 12.4 Å². The fourth-order valence-electron chi connectivity index (χ4n) is 2.82. The lowest BCUT2D eigenvalue weighted by molar-refractivity contribution is -0.121. The molecule has 7 heteroatoms. The fourth-order valence-corrected chi connectivity index (χ4v) is 3.55. The molecule has 1 aliphatic heterocycles. The zero-order chi connectivity index (χ0) is 18.1. The maximum absolute atomic E-state index is 13.4. The molecule has 0 bridgehead atoms. The number of amides is 1. The van der Waals surface area contributed by atoms with Crippen LogP contribution in [-0.2, 0) is 11.2 Å². The Kier molecular flexibility index (Phi) is 4.38. The SMILES string of the molecule is O=C(Nc1nc(-c2ccc(F)c(F)c2)cs1)C1COc2ccccc2C1. The number of hydrogen-bond donors (Lipinski definition) is 1. The number of aromatic nitrogens is 1. The van der Waals surface area contributed by atoms with E-state index in [0.717, 1.165) is 23.4 Å². The van der Waals surface area contributed by atoms with E-state index in [1.165, 1.54) is 17.4 Å². The minimum Gasteiger partial charge on any atom is -0.492 e. The van der Waals surface area contributed by atoms with Gasteiger partial charge in [0.25, 0.3) is 0 Å². The van der Waals surface area contributed by atoms with E-state index in [9.17, 15) is 13.6 Å². The highest BCUT2D eigenvalue weighted by Crippen LogP contribution is 2.29. The minimum atomic E-state index is -0.931. The lowest BCUT2D eigenvalue weighted by atomic mass is 9.96. The topological polar surface area (TPSA) is 51.2 Å². The van der Waals surface area contributed by atoms with Gasteiger partial charge in [-0.25, -0.2) is 13.8 Å². The number of thiazole rings is 1. The zero-order valence-electron chi connectivity index (χ0n) is 13.5. The first-order valence-electron chi connectivity index (χ1n) is 8.02. The molecular weight excluding hydrogens is 358 g/mol. The fraction of sp³-hybridized carbons (Fsp3) is 0.158. The molecule has 1 unspecified atom stereocenters. The standard InChI is InChI=1S/C19H14F2N2O2S/c20-14-6-5-11(8-15(14)21)16-10-26-19(22-16)23-18(24)13-7-12-3-1-2-4-17(12)25-9-13/h1-6,8,10,13H,7,9H2,(H,22,23,24). The molecule has 132 valence electrons. The van der Waals surface area contributed by atoms with Gasteiger partial charge < -0.3 is 10.1 Å². The van der Waals surface area contributed by atoms with Crippen molar-refractivity contribution in [2.75, 3.05) is 11.9 Å². The van der Waals surface area contributed by atoms with Crippen molar-refractivity contribution in [3.8, 4) is 17.0 Å². The molecule has 0 fully saturated rings. The van der Waals surface area contributed by atoms with Crippen LogP contribution >= 0.6 is 11.3 Å². The number of carbonyl (C=O) groups excluding carboxylic acids is 1. The molecule has 0 aliphatic carbocycles. The van der Waals surface area contributed by atoms with Crippen molar-refractivity contribution in [1.29, 1.82) is 0 Å². The average Bonchev–Trinajstić information content (AvgIpc) is 3.12. The molecule has 0 saturated heterocycles. The molecule has 4 rings (SSSR count). The van der Waals surface area contributed by atoms with Crippen LogP contribution in [0, 0.1) is 17.6 Å². The molecule has 2 aromatic carbocycles. The quantitative estimate of drug-likeness (QED) is 0.747. The van der Waals surface area contributed by atoms with E-state index < -0.39 is 11.6 Å². The summed E-state index contributed by atoms with van der Waals surface area (Å²) in [7, 11) is 0. The molecule has 0 spiro atoms. The van der Waals surface area contributed by atoms with Crippen LogP contribution in [0.15, 0.2) is 47.8 Å². The summed E-state index contributed by atoms with van der Waals surface area (Å²) >= 11 is 1.23. The zero-order valence-corrected chi connectivity index (χ0v) is 14.4. The first kappa shape index (κ1) is 16.7. The van der Waals surface area contributed by atoms with Crippen molar-refractivity contribution in [3.63, 3.8) is 0 Å². The van der Waals surface area contributed by atoms with Crippen LogP contribution in [0.3, 0.4) is 0 Å². The lowest BCUT2D eigenvalue weighted by Crippen LogP contribution is -2.32. The molecule has 1 N–H and O–H groups in total. The number of nitrogens with one attached hydrogen (secondary N) is 1. The smallest absolute Gasteiger partial charge is 0.233 e. The van der Waals surface area contributed by atoms with Gasteiger partial charge in [0.15, 0.2) is 16.8 Å². The largest absolute Gasteiger partial charge is 0.492 e. The monoisotopic (exact) mass is 372 g/mol. The summed E-state index contributed by atoms with van der Waals surface area (Å²) in [4.78, 5) is 16.8. The van der Waals surface area contributed by atoms with E-state index in [1.807, 2.05) is 24.3 Å². The Morgan fingerprint density at radius 3 is 2.88 bits per heavy atom. The summed E-state index contributed by atoms with van der Waals surface area (Å²) in [5, 5.41) is 4.88. The number of nitrogens with zero attached hydrogens (tertiary/aromatic N) is 1. The van der Waals surface area contributed by atoms with Gasteiger partial charge in [0.05, 0.1) is 11.6 Å². The van der Waals surface area contributed by atoms with Gasteiger partial charge in [-0.15, -0.1) is 11.3 Å². The van der Waals surface area contributed by atoms with Gasteiger partial charge in [-0.1, -0.05) is 18.2 Å².